The minimum absolute atomic E-state index is 0.0542. The minimum Gasteiger partial charge on any atom is -0.497 e. The minimum atomic E-state index is -0.632. The smallest absolute Gasteiger partial charge is 0.260 e. The van der Waals surface area contributed by atoms with Crippen molar-refractivity contribution in [3.05, 3.63) is 59.1 Å². The van der Waals surface area contributed by atoms with E-state index in [4.69, 9.17) is 21.1 Å². The number of methoxy groups -OCH3 is 1. The molecule has 1 N–H and O–H groups in total. The van der Waals surface area contributed by atoms with E-state index in [1.54, 1.807) is 36.3 Å². The molecule has 1 aliphatic rings. The summed E-state index contributed by atoms with van der Waals surface area (Å²) in [6, 6.07) is 14.5. The lowest BCUT2D eigenvalue weighted by atomic mass is 9.81. The first kappa shape index (κ1) is 22.0. The van der Waals surface area contributed by atoms with Gasteiger partial charge >= 0.3 is 0 Å². The fraction of sp³-hybridized carbons (Fsp3) is 0.391. The quantitative estimate of drug-likeness (QED) is 0.727. The van der Waals surface area contributed by atoms with E-state index >= 15 is 0 Å². The number of halogens is 1. The van der Waals surface area contributed by atoms with Crippen LogP contribution in [0.1, 0.15) is 25.3 Å². The molecule has 6 nitrogen and oxygen atoms in total. The molecule has 1 heterocycles. The number of ether oxygens (including phenoxy) is 2. The van der Waals surface area contributed by atoms with Gasteiger partial charge in [-0.25, -0.2) is 0 Å². The standard InChI is InChI=1S/C23H27ClN2O4/c1-23(22(28)25-14-17-5-3-6-20(13-17)29-2)11-4-12-26(16-23)21(27)15-30-19-9-7-18(24)8-10-19/h3,5-10,13H,4,11-12,14-16H2,1-2H3,(H,25,28)/t23-/m1/s1. The van der Waals surface area contributed by atoms with Crippen LogP contribution in [0.2, 0.25) is 5.02 Å². The van der Waals surface area contributed by atoms with E-state index in [1.807, 2.05) is 31.2 Å². The Balaban J connectivity index is 1.54. The van der Waals surface area contributed by atoms with Crippen molar-refractivity contribution in [1.29, 1.82) is 0 Å². The van der Waals surface area contributed by atoms with Crippen LogP contribution in [0.3, 0.4) is 0 Å². The number of nitrogens with one attached hydrogen (secondary N) is 1. The third-order valence-electron chi connectivity index (χ3n) is 5.36. The molecule has 1 fully saturated rings. The van der Waals surface area contributed by atoms with Crippen LogP contribution in [0.15, 0.2) is 48.5 Å². The zero-order valence-corrected chi connectivity index (χ0v) is 18.1. The van der Waals surface area contributed by atoms with Crippen LogP contribution in [0, 0.1) is 5.41 Å². The highest BCUT2D eigenvalue weighted by atomic mass is 35.5. The summed E-state index contributed by atoms with van der Waals surface area (Å²) in [7, 11) is 1.61. The van der Waals surface area contributed by atoms with Crippen LogP contribution < -0.4 is 14.8 Å². The van der Waals surface area contributed by atoms with E-state index in [0.717, 1.165) is 24.2 Å². The SMILES string of the molecule is COc1cccc(CNC(=O)[C@]2(C)CCCN(C(=O)COc3ccc(Cl)cc3)C2)c1. The molecule has 0 aromatic heterocycles. The Morgan fingerprint density at radius 3 is 2.67 bits per heavy atom. The van der Waals surface area contributed by atoms with Gasteiger partial charge in [0.2, 0.25) is 5.91 Å². The molecule has 3 rings (SSSR count). The van der Waals surface area contributed by atoms with Crippen molar-refractivity contribution < 1.29 is 19.1 Å². The molecule has 0 aliphatic carbocycles. The Morgan fingerprint density at radius 1 is 1.17 bits per heavy atom. The van der Waals surface area contributed by atoms with Crippen molar-refractivity contribution >= 4 is 23.4 Å². The third-order valence-corrected chi connectivity index (χ3v) is 5.61. The van der Waals surface area contributed by atoms with Crippen molar-refractivity contribution in [3.8, 4) is 11.5 Å². The van der Waals surface area contributed by atoms with Gasteiger partial charge in [-0.2, -0.15) is 0 Å². The Hall–Kier alpha value is -2.73. The summed E-state index contributed by atoms with van der Waals surface area (Å²) in [5.74, 6) is 1.16. The molecule has 1 atom stereocenters. The molecule has 0 saturated carbocycles. The predicted molar refractivity (Wildman–Crippen MR) is 116 cm³/mol. The molecule has 2 aromatic rings. The highest BCUT2D eigenvalue weighted by Crippen LogP contribution is 2.30. The third kappa shape index (κ3) is 5.66. The van der Waals surface area contributed by atoms with Gasteiger partial charge in [0.25, 0.3) is 5.91 Å². The summed E-state index contributed by atoms with van der Waals surface area (Å²) in [5, 5.41) is 3.62. The molecule has 1 saturated heterocycles. The van der Waals surface area contributed by atoms with Gasteiger partial charge in [-0.3, -0.25) is 9.59 Å². The maximum absolute atomic E-state index is 12.9. The number of amides is 2. The van der Waals surface area contributed by atoms with Crippen molar-refractivity contribution in [1.82, 2.24) is 10.2 Å². The van der Waals surface area contributed by atoms with Crippen LogP contribution in [0.25, 0.3) is 0 Å². The second-order valence-electron chi connectivity index (χ2n) is 7.76. The predicted octanol–water partition coefficient (Wildman–Crippen LogP) is 3.67. The number of rotatable bonds is 7. The summed E-state index contributed by atoms with van der Waals surface area (Å²) in [5.41, 5.74) is 0.332. The van der Waals surface area contributed by atoms with E-state index in [2.05, 4.69) is 5.32 Å². The zero-order valence-electron chi connectivity index (χ0n) is 17.3. The Bertz CT molecular complexity index is 887. The van der Waals surface area contributed by atoms with Crippen LogP contribution in [-0.2, 0) is 16.1 Å². The summed E-state index contributed by atoms with van der Waals surface area (Å²) in [4.78, 5) is 27.2. The average molecular weight is 431 g/mol. The van der Waals surface area contributed by atoms with Crippen molar-refractivity contribution in [2.75, 3.05) is 26.8 Å². The number of hydrogen-bond donors (Lipinski definition) is 1. The number of likely N-dealkylation sites (tertiary alicyclic amines) is 1. The lowest BCUT2D eigenvalue weighted by Crippen LogP contribution is -2.52. The molecule has 7 heteroatoms. The van der Waals surface area contributed by atoms with Gasteiger partial charge in [-0.15, -0.1) is 0 Å². The number of carbonyl (C=O) groups is 2. The molecule has 160 valence electrons. The average Bonchev–Trinajstić information content (AvgIpc) is 2.77. The lowest BCUT2D eigenvalue weighted by molar-refractivity contribution is -0.142. The van der Waals surface area contributed by atoms with Crippen molar-refractivity contribution in [2.24, 2.45) is 5.41 Å². The molecule has 0 radical (unpaired) electrons. The Morgan fingerprint density at radius 2 is 1.93 bits per heavy atom. The summed E-state index contributed by atoms with van der Waals surface area (Å²) in [6.45, 7) is 3.26. The number of nitrogens with zero attached hydrogens (tertiary/aromatic N) is 1. The maximum Gasteiger partial charge on any atom is 0.260 e. The van der Waals surface area contributed by atoms with Crippen LogP contribution in [0.5, 0.6) is 11.5 Å². The van der Waals surface area contributed by atoms with E-state index < -0.39 is 5.41 Å². The highest BCUT2D eigenvalue weighted by molar-refractivity contribution is 6.30. The van der Waals surface area contributed by atoms with Crippen LogP contribution in [0.4, 0.5) is 0 Å². The molecule has 2 amide bonds. The van der Waals surface area contributed by atoms with Gasteiger partial charge in [0.05, 0.1) is 12.5 Å². The Labute approximate surface area is 182 Å². The summed E-state index contributed by atoms with van der Waals surface area (Å²) < 4.78 is 10.8. The molecule has 1 aliphatic heterocycles. The fourth-order valence-electron chi connectivity index (χ4n) is 3.58. The first-order chi connectivity index (χ1) is 14.4. The number of piperidine rings is 1. The molecular formula is C23H27ClN2O4. The van der Waals surface area contributed by atoms with Gasteiger partial charge in [0, 0.05) is 24.7 Å². The molecule has 30 heavy (non-hydrogen) atoms. The molecular weight excluding hydrogens is 404 g/mol. The largest absolute Gasteiger partial charge is 0.497 e. The van der Waals surface area contributed by atoms with Gasteiger partial charge in [0.15, 0.2) is 6.61 Å². The van der Waals surface area contributed by atoms with Crippen LogP contribution >= 0.6 is 11.6 Å². The number of benzene rings is 2. The summed E-state index contributed by atoms with van der Waals surface area (Å²) >= 11 is 5.86. The topological polar surface area (TPSA) is 67.9 Å². The number of hydrogen-bond acceptors (Lipinski definition) is 4. The normalized spacial score (nSPS) is 18.6. The van der Waals surface area contributed by atoms with E-state index in [9.17, 15) is 9.59 Å². The van der Waals surface area contributed by atoms with E-state index in [1.165, 1.54) is 0 Å². The first-order valence-corrected chi connectivity index (χ1v) is 10.3. The summed E-state index contributed by atoms with van der Waals surface area (Å²) in [6.07, 6.45) is 1.51. The molecule has 2 aromatic carbocycles. The second-order valence-corrected chi connectivity index (χ2v) is 8.19. The van der Waals surface area contributed by atoms with E-state index in [-0.39, 0.29) is 18.4 Å². The molecule has 0 bridgehead atoms. The Kier molecular flexibility index (Phi) is 7.21. The van der Waals surface area contributed by atoms with Gasteiger partial charge in [-0.05, 0) is 61.7 Å². The van der Waals surface area contributed by atoms with Crippen molar-refractivity contribution in [3.63, 3.8) is 0 Å². The molecule has 0 unspecified atom stereocenters. The van der Waals surface area contributed by atoms with E-state index in [0.29, 0.717) is 30.4 Å². The maximum atomic E-state index is 12.9. The lowest BCUT2D eigenvalue weighted by Gasteiger charge is -2.39. The van der Waals surface area contributed by atoms with Crippen LogP contribution in [-0.4, -0.2) is 43.5 Å². The second kappa shape index (κ2) is 9.85. The van der Waals surface area contributed by atoms with Gasteiger partial charge in [0.1, 0.15) is 11.5 Å². The van der Waals surface area contributed by atoms with Crippen molar-refractivity contribution in [2.45, 2.75) is 26.3 Å². The zero-order chi connectivity index (χ0) is 21.6. The molecule has 0 spiro atoms. The first-order valence-electron chi connectivity index (χ1n) is 9.97. The monoisotopic (exact) mass is 430 g/mol. The van der Waals surface area contributed by atoms with Gasteiger partial charge in [-0.1, -0.05) is 23.7 Å². The highest BCUT2D eigenvalue weighted by Gasteiger charge is 2.39. The number of carbonyl (C=O) groups excluding carboxylic acids is 2. The van der Waals surface area contributed by atoms with Gasteiger partial charge < -0.3 is 19.7 Å². The fourth-order valence-corrected chi connectivity index (χ4v) is 3.71.